The van der Waals surface area contributed by atoms with Crippen LogP contribution in [0.3, 0.4) is 0 Å². The molecule has 0 aliphatic carbocycles. The monoisotopic (exact) mass is 238 g/mol. The Kier molecular flexibility index (Phi) is 5.52. The molecule has 1 aromatic heterocycles. The fourth-order valence-corrected chi connectivity index (χ4v) is 1.47. The Hall–Kier alpha value is -1.52. The van der Waals surface area contributed by atoms with Gasteiger partial charge in [0.15, 0.2) is 0 Å². The van der Waals surface area contributed by atoms with Crippen LogP contribution in [-0.4, -0.2) is 28.0 Å². The van der Waals surface area contributed by atoms with E-state index in [1.165, 1.54) is 0 Å². The van der Waals surface area contributed by atoms with Gasteiger partial charge in [0.2, 0.25) is 11.9 Å². The molecule has 0 saturated heterocycles. The minimum Gasteiger partial charge on any atom is -0.355 e. The molecule has 0 saturated carbocycles. The van der Waals surface area contributed by atoms with Gasteiger partial charge in [0.1, 0.15) is 0 Å². The van der Waals surface area contributed by atoms with Gasteiger partial charge >= 0.3 is 0 Å². The van der Waals surface area contributed by atoms with Crippen LogP contribution in [0.25, 0.3) is 0 Å². The van der Waals surface area contributed by atoms with Crippen molar-refractivity contribution in [1.82, 2.24) is 14.9 Å². The summed E-state index contributed by atoms with van der Waals surface area (Å²) in [4.78, 5) is 15.7. The van der Waals surface area contributed by atoms with Gasteiger partial charge in [0, 0.05) is 37.9 Å². The Labute approximate surface area is 103 Å². The highest BCUT2D eigenvalue weighted by atomic mass is 16.1. The van der Waals surface area contributed by atoms with Crippen LogP contribution in [0.5, 0.6) is 0 Å². The summed E-state index contributed by atoms with van der Waals surface area (Å²) in [5, 5.41) is 6.09. The summed E-state index contributed by atoms with van der Waals surface area (Å²) >= 11 is 0. The molecule has 5 nitrogen and oxygen atoms in total. The predicted octanol–water partition coefficient (Wildman–Crippen LogP) is 1.62. The van der Waals surface area contributed by atoms with Gasteiger partial charge in [-0.1, -0.05) is 6.92 Å². The average Bonchev–Trinajstić information content (AvgIpc) is 2.76. The number of anilines is 1. The molecule has 0 aliphatic heterocycles. The molecule has 0 bridgehead atoms. The van der Waals surface area contributed by atoms with Gasteiger partial charge in [-0.2, -0.15) is 0 Å². The fourth-order valence-electron chi connectivity index (χ4n) is 1.47. The summed E-state index contributed by atoms with van der Waals surface area (Å²) in [6.07, 6.45) is 5.10. The number of aromatic nitrogens is 2. The first kappa shape index (κ1) is 13.5. The smallest absolute Gasteiger partial charge is 0.221 e. The van der Waals surface area contributed by atoms with E-state index in [4.69, 9.17) is 0 Å². The van der Waals surface area contributed by atoms with Crippen LogP contribution >= 0.6 is 0 Å². The van der Waals surface area contributed by atoms with E-state index in [1.54, 1.807) is 6.20 Å². The Bertz CT molecular complexity index is 348. The number of rotatable bonds is 7. The zero-order valence-corrected chi connectivity index (χ0v) is 10.9. The Balaban J connectivity index is 2.26. The third-order valence-electron chi connectivity index (χ3n) is 2.71. The van der Waals surface area contributed by atoms with Crippen molar-refractivity contribution < 1.29 is 4.79 Å². The van der Waals surface area contributed by atoms with Crippen molar-refractivity contribution >= 4 is 11.9 Å². The van der Waals surface area contributed by atoms with Crippen molar-refractivity contribution in [2.75, 3.05) is 11.9 Å². The van der Waals surface area contributed by atoms with E-state index in [9.17, 15) is 4.79 Å². The topological polar surface area (TPSA) is 59.0 Å². The highest BCUT2D eigenvalue weighted by Gasteiger charge is 2.05. The molecule has 5 heteroatoms. The Morgan fingerprint density at radius 2 is 2.29 bits per heavy atom. The van der Waals surface area contributed by atoms with Crippen molar-refractivity contribution in [2.24, 2.45) is 0 Å². The number of carbonyl (C=O) groups is 1. The van der Waals surface area contributed by atoms with E-state index in [0.29, 0.717) is 13.0 Å². The molecule has 2 N–H and O–H groups in total. The summed E-state index contributed by atoms with van der Waals surface area (Å²) in [7, 11) is 0. The zero-order valence-electron chi connectivity index (χ0n) is 10.9. The molecule has 1 aromatic rings. The quantitative estimate of drug-likeness (QED) is 0.759. The summed E-state index contributed by atoms with van der Waals surface area (Å²) in [5.41, 5.74) is 0. The van der Waals surface area contributed by atoms with E-state index in [-0.39, 0.29) is 11.9 Å². The summed E-state index contributed by atoms with van der Waals surface area (Å²) in [6.45, 7) is 7.61. The minimum atomic E-state index is 0.0847. The van der Waals surface area contributed by atoms with Crippen LogP contribution in [0.2, 0.25) is 0 Å². The van der Waals surface area contributed by atoms with Gasteiger partial charge in [-0.15, -0.1) is 0 Å². The van der Waals surface area contributed by atoms with Gasteiger partial charge in [0.05, 0.1) is 0 Å². The van der Waals surface area contributed by atoms with Gasteiger partial charge in [0.25, 0.3) is 0 Å². The molecule has 0 aromatic carbocycles. The number of nitrogens with zero attached hydrogens (tertiary/aromatic N) is 2. The molecular formula is C12H22N4O. The molecule has 1 unspecified atom stereocenters. The van der Waals surface area contributed by atoms with E-state index < -0.39 is 0 Å². The van der Waals surface area contributed by atoms with E-state index in [2.05, 4.69) is 29.5 Å². The van der Waals surface area contributed by atoms with E-state index in [0.717, 1.165) is 18.9 Å². The lowest BCUT2D eigenvalue weighted by atomic mass is 10.2. The van der Waals surface area contributed by atoms with E-state index >= 15 is 0 Å². The molecule has 1 heterocycles. The molecule has 1 rings (SSSR count). The number of hydrogen-bond acceptors (Lipinski definition) is 3. The number of nitrogens with one attached hydrogen (secondary N) is 2. The Morgan fingerprint density at radius 3 is 2.94 bits per heavy atom. The molecule has 0 spiro atoms. The number of carbonyl (C=O) groups excluding carboxylic acids is 1. The predicted molar refractivity (Wildman–Crippen MR) is 68.9 cm³/mol. The molecule has 1 atom stereocenters. The first-order valence-corrected chi connectivity index (χ1v) is 6.21. The van der Waals surface area contributed by atoms with Crippen LogP contribution in [0.4, 0.5) is 5.95 Å². The second-order valence-electron chi connectivity index (χ2n) is 4.09. The first-order valence-electron chi connectivity index (χ1n) is 6.21. The maximum absolute atomic E-state index is 11.5. The molecule has 0 radical (unpaired) electrons. The van der Waals surface area contributed by atoms with Crippen molar-refractivity contribution in [2.45, 2.75) is 46.2 Å². The second-order valence-corrected chi connectivity index (χ2v) is 4.09. The van der Waals surface area contributed by atoms with Gasteiger partial charge in [-0.05, 0) is 20.3 Å². The summed E-state index contributed by atoms with van der Waals surface area (Å²) in [5.74, 6) is 0.908. The Morgan fingerprint density at radius 1 is 1.53 bits per heavy atom. The number of imidazole rings is 1. The highest BCUT2D eigenvalue weighted by molar-refractivity contribution is 5.76. The summed E-state index contributed by atoms with van der Waals surface area (Å²) in [6, 6.07) is 0.250. The maximum Gasteiger partial charge on any atom is 0.221 e. The zero-order chi connectivity index (χ0) is 12.7. The average molecular weight is 238 g/mol. The third kappa shape index (κ3) is 4.46. The summed E-state index contributed by atoms with van der Waals surface area (Å²) < 4.78 is 2.01. The standard InChI is InChI=1S/C12H22N4O/c1-4-10(3)15-11(17)6-7-13-12-14-8-9-16(12)5-2/h8-10H,4-7H2,1-3H3,(H,13,14)(H,15,17). The molecule has 17 heavy (non-hydrogen) atoms. The van der Waals surface area contributed by atoms with Crippen LogP contribution in [0.1, 0.15) is 33.6 Å². The van der Waals surface area contributed by atoms with Gasteiger partial charge in [-0.25, -0.2) is 4.98 Å². The lowest BCUT2D eigenvalue weighted by molar-refractivity contribution is -0.121. The number of hydrogen-bond donors (Lipinski definition) is 2. The highest BCUT2D eigenvalue weighted by Crippen LogP contribution is 2.03. The molecule has 0 aliphatic rings. The van der Waals surface area contributed by atoms with Crippen LogP contribution in [0, 0.1) is 0 Å². The minimum absolute atomic E-state index is 0.0847. The van der Waals surface area contributed by atoms with E-state index in [1.807, 2.05) is 17.7 Å². The number of amides is 1. The molecule has 96 valence electrons. The maximum atomic E-state index is 11.5. The lowest BCUT2D eigenvalue weighted by Crippen LogP contribution is -2.33. The van der Waals surface area contributed by atoms with Crippen molar-refractivity contribution in [3.63, 3.8) is 0 Å². The lowest BCUT2D eigenvalue weighted by Gasteiger charge is -2.12. The largest absolute Gasteiger partial charge is 0.355 e. The van der Waals surface area contributed by atoms with Gasteiger partial charge in [-0.3, -0.25) is 4.79 Å². The van der Waals surface area contributed by atoms with Crippen molar-refractivity contribution in [3.05, 3.63) is 12.4 Å². The first-order chi connectivity index (χ1) is 8.17. The van der Waals surface area contributed by atoms with Crippen molar-refractivity contribution in [3.8, 4) is 0 Å². The molecular weight excluding hydrogens is 216 g/mol. The van der Waals surface area contributed by atoms with Crippen LogP contribution < -0.4 is 10.6 Å². The van der Waals surface area contributed by atoms with Crippen LogP contribution in [-0.2, 0) is 11.3 Å². The number of aryl methyl sites for hydroxylation is 1. The van der Waals surface area contributed by atoms with Gasteiger partial charge < -0.3 is 15.2 Å². The molecule has 0 fully saturated rings. The second kappa shape index (κ2) is 6.93. The van der Waals surface area contributed by atoms with Crippen LogP contribution in [0.15, 0.2) is 12.4 Å². The normalized spacial score (nSPS) is 12.2. The third-order valence-corrected chi connectivity index (χ3v) is 2.71. The SMILES string of the molecule is CCC(C)NC(=O)CCNc1nccn1CC. The van der Waals surface area contributed by atoms with Crippen molar-refractivity contribution in [1.29, 1.82) is 0 Å². The molecule has 1 amide bonds. The fraction of sp³-hybridized carbons (Fsp3) is 0.667.